The Labute approximate surface area is 206 Å². The first-order valence-corrected chi connectivity index (χ1v) is 13.1. The van der Waals surface area contributed by atoms with E-state index in [1.165, 1.54) is 0 Å². The third-order valence-electron chi connectivity index (χ3n) is 9.85. The maximum atomic E-state index is 15.7. The number of carbonyl (C=O) groups is 2. The van der Waals surface area contributed by atoms with Crippen LogP contribution in [-0.4, -0.2) is 35.2 Å². The molecule has 0 spiro atoms. The molecule has 1 aromatic rings. The van der Waals surface area contributed by atoms with E-state index in [0.717, 1.165) is 12.0 Å². The van der Waals surface area contributed by atoms with Gasteiger partial charge in [-0.15, -0.1) is 0 Å². The predicted octanol–water partition coefficient (Wildman–Crippen LogP) is 5.52. The van der Waals surface area contributed by atoms with Gasteiger partial charge in [0.15, 0.2) is 11.6 Å². The number of ketones is 1. The van der Waals surface area contributed by atoms with Gasteiger partial charge in [0.25, 0.3) is 0 Å². The lowest BCUT2D eigenvalue weighted by Gasteiger charge is -2.60. The molecule has 0 amide bonds. The van der Waals surface area contributed by atoms with Crippen molar-refractivity contribution in [2.75, 3.05) is 0 Å². The van der Waals surface area contributed by atoms with Gasteiger partial charge in [0.2, 0.25) is 0 Å². The molecule has 5 rings (SSSR count). The lowest BCUT2D eigenvalue weighted by atomic mass is 9.45. The van der Waals surface area contributed by atoms with E-state index < -0.39 is 34.7 Å². The summed E-state index contributed by atoms with van der Waals surface area (Å²) in [6.07, 6.45) is -0.139. The topological polar surface area (TPSA) is 63.6 Å². The second kappa shape index (κ2) is 8.79. The number of allylic oxidation sites excluding steroid dienone is 1. The maximum Gasteiger partial charge on any atom is 0.305 e. The Morgan fingerprint density at radius 1 is 1.23 bits per heavy atom. The number of alkyl halides is 1. The highest BCUT2D eigenvalue weighted by atomic mass is 19.1. The van der Waals surface area contributed by atoms with Gasteiger partial charge >= 0.3 is 5.97 Å². The van der Waals surface area contributed by atoms with Crippen LogP contribution in [0.25, 0.3) is 0 Å². The smallest absolute Gasteiger partial charge is 0.305 e. The average Bonchev–Trinajstić information content (AvgIpc) is 3.08. The standard InChI is InChI=1S/C29H36F2O4/c1-4-23(34)35-27-16(2)12-19-18-13-20(30)25-26(31)21(32)10-11-28(25,3)24(18)22(33)15-29(19,27)14-17-8-6-5-7-9-17/h5-9,16,18-20,22,24,27,33H,4,10-15H2,1-3H3/t16-,18+,19+,20+,22+,24-,27-,28-,29+/m1/s1. The summed E-state index contributed by atoms with van der Waals surface area (Å²) in [5, 5.41) is 11.7. The zero-order chi connectivity index (χ0) is 25.1. The van der Waals surface area contributed by atoms with Gasteiger partial charge in [0.1, 0.15) is 12.3 Å². The average molecular weight is 487 g/mol. The van der Waals surface area contributed by atoms with Crippen LogP contribution in [0.15, 0.2) is 41.7 Å². The van der Waals surface area contributed by atoms with E-state index in [-0.39, 0.29) is 60.6 Å². The van der Waals surface area contributed by atoms with Gasteiger partial charge < -0.3 is 9.84 Å². The van der Waals surface area contributed by atoms with Gasteiger partial charge in [-0.05, 0) is 61.3 Å². The molecule has 0 heterocycles. The monoisotopic (exact) mass is 486 g/mol. The lowest BCUT2D eigenvalue weighted by Crippen LogP contribution is -2.61. The molecular weight excluding hydrogens is 450 g/mol. The van der Waals surface area contributed by atoms with E-state index in [1.807, 2.05) is 25.1 Å². The van der Waals surface area contributed by atoms with Crippen molar-refractivity contribution in [1.82, 2.24) is 0 Å². The summed E-state index contributed by atoms with van der Waals surface area (Å²) in [5.74, 6) is -2.22. The van der Waals surface area contributed by atoms with Crippen LogP contribution < -0.4 is 0 Å². The highest BCUT2D eigenvalue weighted by Crippen LogP contribution is 2.68. The summed E-state index contributed by atoms with van der Waals surface area (Å²) in [6.45, 7) is 5.71. The molecule has 0 bridgehead atoms. The van der Waals surface area contributed by atoms with Crippen molar-refractivity contribution in [1.29, 1.82) is 0 Å². The summed E-state index contributed by atoms with van der Waals surface area (Å²) in [7, 11) is 0. The molecule has 1 aromatic carbocycles. The molecule has 1 N–H and O–H groups in total. The molecule has 3 fully saturated rings. The van der Waals surface area contributed by atoms with E-state index in [1.54, 1.807) is 6.92 Å². The van der Waals surface area contributed by atoms with Crippen LogP contribution in [0.4, 0.5) is 8.78 Å². The van der Waals surface area contributed by atoms with Gasteiger partial charge in [0.05, 0.1) is 6.10 Å². The number of Topliss-reactive ketones (excluding diaryl/α,β-unsaturated/α-hetero) is 1. The Morgan fingerprint density at radius 2 is 1.94 bits per heavy atom. The first-order chi connectivity index (χ1) is 16.6. The number of halogens is 2. The summed E-state index contributed by atoms with van der Waals surface area (Å²) >= 11 is 0. The molecule has 0 unspecified atom stereocenters. The number of rotatable bonds is 4. The summed E-state index contributed by atoms with van der Waals surface area (Å²) in [4.78, 5) is 24.6. The Morgan fingerprint density at radius 3 is 2.63 bits per heavy atom. The van der Waals surface area contributed by atoms with Gasteiger partial charge in [-0.25, -0.2) is 8.78 Å². The number of aliphatic hydroxyl groups excluding tert-OH is 1. The molecule has 0 radical (unpaired) electrons. The van der Waals surface area contributed by atoms with Crippen LogP contribution in [0, 0.1) is 34.5 Å². The Balaban J connectivity index is 1.60. The van der Waals surface area contributed by atoms with Crippen LogP contribution in [-0.2, 0) is 20.7 Å². The third-order valence-corrected chi connectivity index (χ3v) is 9.85. The zero-order valence-electron chi connectivity index (χ0n) is 20.8. The van der Waals surface area contributed by atoms with Crippen molar-refractivity contribution in [3.05, 3.63) is 47.3 Å². The van der Waals surface area contributed by atoms with Crippen LogP contribution in [0.3, 0.4) is 0 Å². The fourth-order valence-electron chi connectivity index (χ4n) is 8.62. The normalized spacial score (nSPS) is 42.8. The van der Waals surface area contributed by atoms with Gasteiger partial charge in [-0.2, -0.15) is 0 Å². The molecule has 190 valence electrons. The summed E-state index contributed by atoms with van der Waals surface area (Å²) in [5.41, 5.74) is -0.333. The van der Waals surface area contributed by atoms with Crippen molar-refractivity contribution >= 4 is 11.8 Å². The first kappa shape index (κ1) is 24.6. The van der Waals surface area contributed by atoms with E-state index >= 15 is 4.39 Å². The lowest BCUT2D eigenvalue weighted by molar-refractivity contribution is -0.179. The number of hydrogen-bond acceptors (Lipinski definition) is 4. The summed E-state index contributed by atoms with van der Waals surface area (Å²) < 4.78 is 36.8. The molecule has 6 heteroatoms. The minimum absolute atomic E-state index is 0.0235. The molecule has 0 aromatic heterocycles. The van der Waals surface area contributed by atoms with E-state index in [2.05, 4.69) is 19.1 Å². The van der Waals surface area contributed by atoms with Crippen molar-refractivity contribution < 1.29 is 28.2 Å². The van der Waals surface area contributed by atoms with Gasteiger partial charge in [-0.1, -0.05) is 51.1 Å². The quantitative estimate of drug-likeness (QED) is 0.569. The number of carbonyl (C=O) groups excluding carboxylic acids is 2. The summed E-state index contributed by atoms with van der Waals surface area (Å²) in [6, 6.07) is 10.0. The zero-order valence-corrected chi connectivity index (χ0v) is 20.8. The highest BCUT2D eigenvalue weighted by Gasteiger charge is 2.67. The predicted molar refractivity (Wildman–Crippen MR) is 128 cm³/mol. The molecule has 4 aliphatic carbocycles. The number of hydrogen-bond donors (Lipinski definition) is 1. The second-order valence-corrected chi connectivity index (χ2v) is 11.7. The molecule has 3 saturated carbocycles. The van der Waals surface area contributed by atoms with Crippen LogP contribution >= 0.6 is 0 Å². The first-order valence-electron chi connectivity index (χ1n) is 13.1. The van der Waals surface area contributed by atoms with Crippen LogP contribution in [0.1, 0.15) is 64.9 Å². The third kappa shape index (κ3) is 3.70. The minimum atomic E-state index is -1.54. The Hall–Kier alpha value is -2.08. The fraction of sp³-hybridized carbons (Fsp3) is 0.655. The molecule has 4 aliphatic rings. The molecular formula is C29H36F2O4. The van der Waals surface area contributed by atoms with Crippen molar-refractivity contribution in [2.24, 2.45) is 34.5 Å². The number of ether oxygens (including phenoxy) is 1. The number of benzene rings is 1. The molecule has 35 heavy (non-hydrogen) atoms. The number of fused-ring (bicyclic) bond motifs is 5. The second-order valence-electron chi connectivity index (χ2n) is 11.7. The minimum Gasteiger partial charge on any atom is -0.461 e. The van der Waals surface area contributed by atoms with E-state index in [0.29, 0.717) is 19.3 Å². The number of aliphatic hydroxyl groups is 1. The van der Waals surface area contributed by atoms with E-state index in [4.69, 9.17) is 4.74 Å². The molecule has 9 atom stereocenters. The van der Waals surface area contributed by atoms with Crippen LogP contribution in [0.5, 0.6) is 0 Å². The Kier molecular flexibility index (Phi) is 6.18. The SMILES string of the molecule is CCC(=O)O[C@@H]1[C@H](C)C[C@H]2[C@@H]3C[C@H](F)C4=C(F)C(=O)CC[C@]4(C)[C@H]3[C@@H](O)C[C@]12Cc1ccccc1. The molecule has 0 saturated heterocycles. The highest BCUT2D eigenvalue weighted by molar-refractivity contribution is 5.95. The van der Waals surface area contributed by atoms with Gasteiger partial charge in [-0.3, -0.25) is 9.59 Å². The van der Waals surface area contributed by atoms with Gasteiger partial charge in [0, 0.05) is 29.2 Å². The van der Waals surface area contributed by atoms with Crippen molar-refractivity contribution in [3.63, 3.8) is 0 Å². The van der Waals surface area contributed by atoms with Crippen molar-refractivity contribution in [2.45, 2.75) is 84.1 Å². The fourth-order valence-corrected chi connectivity index (χ4v) is 8.62. The maximum absolute atomic E-state index is 15.7. The molecule has 4 nitrogen and oxygen atoms in total. The Bertz CT molecular complexity index is 1040. The van der Waals surface area contributed by atoms with Crippen LogP contribution in [0.2, 0.25) is 0 Å². The number of esters is 1. The van der Waals surface area contributed by atoms with E-state index in [9.17, 15) is 19.1 Å². The largest absolute Gasteiger partial charge is 0.461 e. The van der Waals surface area contributed by atoms with Crippen molar-refractivity contribution in [3.8, 4) is 0 Å². The molecule has 0 aliphatic heterocycles.